The number of hydrogen-bond donors (Lipinski definition) is 0. The highest BCUT2D eigenvalue weighted by Gasteiger charge is 2.17. The third-order valence-corrected chi connectivity index (χ3v) is 5.32. The van der Waals surface area contributed by atoms with Crippen LogP contribution >= 0.6 is 0 Å². The maximum Gasteiger partial charge on any atom is 0.308 e. The van der Waals surface area contributed by atoms with E-state index in [1.165, 1.54) is 5.69 Å². The van der Waals surface area contributed by atoms with Crippen LogP contribution in [0.5, 0.6) is 11.5 Å². The molecule has 180 valence electrons. The maximum atomic E-state index is 11.8. The Hall–Kier alpha value is -2.77. The first-order chi connectivity index (χ1) is 16.2. The average Bonchev–Trinajstić information content (AvgIpc) is 2.85. The fourth-order valence-corrected chi connectivity index (χ4v) is 3.64. The van der Waals surface area contributed by atoms with Gasteiger partial charge in [0.2, 0.25) is 0 Å². The van der Waals surface area contributed by atoms with E-state index in [0.717, 1.165) is 49.8 Å². The topological polar surface area (TPSA) is 66.5 Å². The van der Waals surface area contributed by atoms with Gasteiger partial charge in [-0.2, -0.15) is 0 Å². The van der Waals surface area contributed by atoms with E-state index in [1.54, 1.807) is 6.92 Å². The molecule has 1 aliphatic rings. The summed E-state index contributed by atoms with van der Waals surface area (Å²) in [6.07, 6.45) is 0.662. The molecule has 2 aromatic carbocycles. The summed E-state index contributed by atoms with van der Waals surface area (Å²) >= 11 is 0. The molecule has 0 aromatic heterocycles. The van der Waals surface area contributed by atoms with Gasteiger partial charge in [0.05, 0.1) is 45.6 Å². The number of rotatable bonds is 13. The molecule has 1 heterocycles. The Morgan fingerprint density at radius 2 is 1.52 bits per heavy atom. The van der Waals surface area contributed by atoms with Crippen LogP contribution in [0.1, 0.15) is 38.4 Å². The Bertz CT molecular complexity index is 818. The van der Waals surface area contributed by atoms with Crippen molar-refractivity contribution in [3.05, 3.63) is 54.1 Å². The Morgan fingerprint density at radius 1 is 0.909 bits per heavy atom. The first kappa shape index (κ1) is 24.9. The average molecular weight is 458 g/mol. The fraction of sp³-hybridized carbons (Fsp3) is 0.500. The molecule has 33 heavy (non-hydrogen) atoms. The number of benzene rings is 2. The monoisotopic (exact) mass is 457 g/mol. The van der Waals surface area contributed by atoms with Gasteiger partial charge in [0.15, 0.2) is 0 Å². The van der Waals surface area contributed by atoms with Crippen molar-refractivity contribution >= 4 is 11.7 Å². The highest BCUT2D eigenvalue weighted by molar-refractivity contribution is 5.70. The third-order valence-electron chi connectivity index (χ3n) is 5.32. The molecular formula is C26H35NO6. The normalized spacial score (nSPS) is 14.5. The fourth-order valence-electron chi connectivity index (χ4n) is 3.64. The molecule has 1 unspecified atom stereocenters. The molecule has 1 saturated heterocycles. The molecule has 3 rings (SSSR count). The standard InChI is InChI=1S/C26H35NO6/c1-3-30-25(20-26(28)31-4-2)21-6-10-23(11-7-21)32-16-5-17-33-24-12-8-22(9-13-24)27-14-18-29-19-15-27/h6-13,25H,3-5,14-20H2,1-2H3. The molecular weight excluding hydrogens is 422 g/mol. The number of esters is 1. The van der Waals surface area contributed by atoms with E-state index in [-0.39, 0.29) is 18.5 Å². The van der Waals surface area contributed by atoms with Crippen molar-refractivity contribution < 1.29 is 28.5 Å². The number of carbonyl (C=O) groups is 1. The molecule has 0 bridgehead atoms. The quantitative estimate of drug-likeness (QED) is 0.326. The SMILES string of the molecule is CCOC(=O)CC(OCC)c1ccc(OCCCOc2ccc(N3CCOCC3)cc2)cc1. The van der Waals surface area contributed by atoms with Gasteiger partial charge in [-0.1, -0.05) is 12.1 Å². The minimum absolute atomic E-state index is 0.201. The van der Waals surface area contributed by atoms with E-state index in [4.69, 9.17) is 23.7 Å². The Kier molecular flexibility index (Phi) is 10.3. The second-order valence-electron chi connectivity index (χ2n) is 7.67. The van der Waals surface area contributed by atoms with Gasteiger partial charge >= 0.3 is 5.97 Å². The highest BCUT2D eigenvalue weighted by atomic mass is 16.5. The van der Waals surface area contributed by atoms with Crippen molar-refractivity contribution in [2.75, 3.05) is 57.6 Å². The van der Waals surface area contributed by atoms with Crippen LogP contribution in [0.15, 0.2) is 48.5 Å². The number of hydrogen-bond acceptors (Lipinski definition) is 7. The van der Waals surface area contributed by atoms with Gasteiger partial charge in [0.1, 0.15) is 11.5 Å². The minimum atomic E-state index is -0.314. The van der Waals surface area contributed by atoms with Gasteiger partial charge in [-0.05, 0) is 55.8 Å². The molecule has 7 nitrogen and oxygen atoms in total. The Labute approximate surface area is 196 Å². The Balaban J connectivity index is 1.37. The number of carbonyl (C=O) groups excluding carboxylic acids is 1. The van der Waals surface area contributed by atoms with E-state index in [0.29, 0.717) is 26.4 Å². The van der Waals surface area contributed by atoms with Gasteiger partial charge in [0.25, 0.3) is 0 Å². The van der Waals surface area contributed by atoms with Gasteiger partial charge in [0, 0.05) is 31.8 Å². The lowest BCUT2D eigenvalue weighted by Gasteiger charge is -2.28. The zero-order valence-corrected chi connectivity index (χ0v) is 19.7. The predicted molar refractivity (Wildman–Crippen MR) is 127 cm³/mol. The van der Waals surface area contributed by atoms with Crippen molar-refractivity contribution in [3.8, 4) is 11.5 Å². The third kappa shape index (κ3) is 8.26. The first-order valence-corrected chi connectivity index (χ1v) is 11.7. The number of anilines is 1. The van der Waals surface area contributed by atoms with Crippen LogP contribution in [-0.2, 0) is 19.0 Å². The molecule has 0 saturated carbocycles. The molecule has 0 N–H and O–H groups in total. The molecule has 1 atom stereocenters. The van der Waals surface area contributed by atoms with Crippen LogP contribution in [-0.4, -0.2) is 58.7 Å². The second kappa shape index (κ2) is 13.7. The van der Waals surface area contributed by atoms with Gasteiger partial charge in [-0.25, -0.2) is 0 Å². The summed E-state index contributed by atoms with van der Waals surface area (Å²) in [7, 11) is 0. The van der Waals surface area contributed by atoms with E-state index in [9.17, 15) is 4.79 Å². The van der Waals surface area contributed by atoms with Gasteiger partial charge in [-0.15, -0.1) is 0 Å². The van der Waals surface area contributed by atoms with E-state index < -0.39 is 0 Å². The van der Waals surface area contributed by atoms with Crippen LogP contribution in [0.3, 0.4) is 0 Å². The Morgan fingerprint density at radius 3 is 2.09 bits per heavy atom. The summed E-state index contributed by atoms with van der Waals surface area (Å²) in [5.74, 6) is 1.38. The van der Waals surface area contributed by atoms with Crippen LogP contribution in [0, 0.1) is 0 Å². The van der Waals surface area contributed by atoms with Crippen molar-refractivity contribution in [2.45, 2.75) is 32.8 Å². The molecule has 0 amide bonds. The van der Waals surface area contributed by atoms with Gasteiger partial charge < -0.3 is 28.6 Å². The van der Waals surface area contributed by atoms with Gasteiger partial charge in [-0.3, -0.25) is 4.79 Å². The lowest BCUT2D eigenvalue weighted by atomic mass is 10.1. The van der Waals surface area contributed by atoms with Crippen LogP contribution in [0.25, 0.3) is 0 Å². The summed E-state index contributed by atoms with van der Waals surface area (Å²) in [5, 5.41) is 0. The summed E-state index contributed by atoms with van der Waals surface area (Å²) in [6, 6.07) is 15.9. The highest BCUT2D eigenvalue weighted by Crippen LogP contribution is 2.24. The molecule has 0 spiro atoms. The summed E-state index contributed by atoms with van der Waals surface area (Å²) < 4.78 is 27.8. The summed E-state index contributed by atoms with van der Waals surface area (Å²) in [5.41, 5.74) is 2.13. The van der Waals surface area contributed by atoms with Crippen molar-refractivity contribution in [3.63, 3.8) is 0 Å². The number of morpholine rings is 1. The smallest absolute Gasteiger partial charge is 0.308 e. The van der Waals surface area contributed by atoms with Crippen molar-refractivity contribution in [1.82, 2.24) is 0 Å². The largest absolute Gasteiger partial charge is 0.493 e. The van der Waals surface area contributed by atoms with Crippen LogP contribution in [0.4, 0.5) is 5.69 Å². The van der Waals surface area contributed by atoms with Crippen molar-refractivity contribution in [2.24, 2.45) is 0 Å². The molecule has 7 heteroatoms. The molecule has 0 aliphatic carbocycles. The van der Waals surface area contributed by atoms with E-state index in [1.807, 2.05) is 43.3 Å². The van der Waals surface area contributed by atoms with E-state index >= 15 is 0 Å². The minimum Gasteiger partial charge on any atom is -0.493 e. The molecule has 2 aromatic rings. The van der Waals surface area contributed by atoms with Crippen molar-refractivity contribution in [1.29, 1.82) is 0 Å². The molecule has 0 radical (unpaired) electrons. The number of ether oxygens (including phenoxy) is 5. The maximum absolute atomic E-state index is 11.8. The summed E-state index contributed by atoms with van der Waals surface area (Å²) in [6.45, 7) is 9.16. The predicted octanol–water partition coefficient (Wildman–Crippen LogP) is 4.40. The summed E-state index contributed by atoms with van der Waals surface area (Å²) in [4.78, 5) is 14.1. The zero-order chi connectivity index (χ0) is 23.3. The second-order valence-corrected chi connectivity index (χ2v) is 7.67. The first-order valence-electron chi connectivity index (χ1n) is 11.7. The zero-order valence-electron chi connectivity index (χ0n) is 19.7. The lowest BCUT2D eigenvalue weighted by molar-refractivity contribution is -0.146. The lowest BCUT2D eigenvalue weighted by Crippen LogP contribution is -2.36. The van der Waals surface area contributed by atoms with E-state index in [2.05, 4.69) is 17.0 Å². The molecule has 1 fully saturated rings. The molecule has 1 aliphatic heterocycles. The number of nitrogens with zero attached hydrogens (tertiary/aromatic N) is 1. The van der Waals surface area contributed by atoms with Crippen LogP contribution < -0.4 is 14.4 Å². The van der Waals surface area contributed by atoms with Crippen LogP contribution in [0.2, 0.25) is 0 Å².